The second-order valence-corrected chi connectivity index (χ2v) is 6.22. The zero-order chi connectivity index (χ0) is 11.6. The van der Waals surface area contributed by atoms with E-state index in [4.69, 9.17) is 4.74 Å². The van der Waals surface area contributed by atoms with Crippen molar-refractivity contribution in [2.45, 2.75) is 56.6 Å². The van der Waals surface area contributed by atoms with Crippen LogP contribution < -0.4 is 5.32 Å². The minimum atomic E-state index is 0.212. The predicted molar refractivity (Wildman–Crippen MR) is 72.7 cm³/mol. The van der Waals surface area contributed by atoms with Gasteiger partial charge in [-0.15, -0.1) is 0 Å². The molecule has 2 fully saturated rings. The summed E-state index contributed by atoms with van der Waals surface area (Å²) in [6.45, 7) is 0.932. The van der Waals surface area contributed by atoms with Crippen molar-refractivity contribution in [3.63, 3.8) is 0 Å². The Morgan fingerprint density at radius 2 is 2.18 bits per heavy atom. The van der Waals surface area contributed by atoms with Crippen molar-refractivity contribution in [2.75, 3.05) is 11.9 Å². The topological polar surface area (TPSA) is 21.3 Å². The molecule has 94 valence electrons. The molecule has 2 heterocycles. The Morgan fingerprint density at radius 1 is 1.29 bits per heavy atom. The van der Waals surface area contributed by atoms with Crippen LogP contribution in [-0.2, 0) is 4.74 Å². The Balaban J connectivity index is 1.62. The quantitative estimate of drug-likeness (QED) is 0.856. The van der Waals surface area contributed by atoms with Crippen molar-refractivity contribution in [3.05, 3.63) is 16.8 Å². The molecule has 1 atom stereocenters. The van der Waals surface area contributed by atoms with E-state index >= 15 is 0 Å². The summed E-state index contributed by atoms with van der Waals surface area (Å²) >= 11 is 1.76. The van der Waals surface area contributed by atoms with Gasteiger partial charge in [0, 0.05) is 23.7 Å². The normalized spacial score (nSPS) is 28.1. The van der Waals surface area contributed by atoms with E-state index < -0.39 is 0 Å². The first-order chi connectivity index (χ1) is 8.36. The molecule has 1 saturated carbocycles. The molecule has 1 unspecified atom stereocenters. The predicted octanol–water partition coefficient (Wildman–Crippen LogP) is 4.04. The molecule has 2 aliphatic rings. The molecule has 1 aliphatic carbocycles. The summed E-state index contributed by atoms with van der Waals surface area (Å²) in [6, 6.07) is 2.78. The molecule has 1 spiro atoms. The maximum absolute atomic E-state index is 6.12. The average Bonchev–Trinajstić information content (AvgIpc) is 2.83. The first kappa shape index (κ1) is 11.5. The second kappa shape index (κ2) is 4.99. The maximum Gasteiger partial charge on any atom is 0.0702 e. The lowest BCUT2D eigenvalue weighted by atomic mass is 9.78. The summed E-state index contributed by atoms with van der Waals surface area (Å²) in [7, 11) is 0. The molecule has 3 rings (SSSR count). The van der Waals surface area contributed by atoms with Crippen LogP contribution in [0.15, 0.2) is 16.8 Å². The first-order valence-electron chi connectivity index (χ1n) is 6.79. The van der Waals surface area contributed by atoms with E-state index in [1.807, 2.05) is 0 Å². The monoisotopic (exact) mass is 251 g/mol. The Morgan fingerprint density at radius 3 is 2.94 bits per heavy atom. The minimum absolute atomic E-state index is 0.212. The summed E-state index contributed by atoms with van der Waals surface area (Å²) < 4.78 is 6.12. The van der Waals surface area contributed by atoms with Crippen molar-refractivity contribution in [1.29, 1.82) is 0 Å². The van der Waals surface area contributed by atoms with Crippen LogP contribution in [0.1, 0.15) is 44.9 Å². The Bertz CT molecular complexity index is 338. The van der Waals surface area contributed by atoms with Gasteiger partial charge in [-0.3, -0.25) is 0 Å². The van der Waals surface area contributed by atoms with Crippen LogP contribution in [0.4, 0.5) is 5.69 Å². The molecule has 1 saturated heterocycles. The lowest BCUT2D eigenvalue weighted by molar-refractivity contribution is -0.103. The third-order valence-corrected chi connectivity index (χ3v) is 4.83. The van der Waals surface area contributed by atoms with Gasteiger partial charge in [0.25, 0.3) is 0 Å². The first-order valence-corrected chi connectivity index (χ1v) is 7.73. The highest BCUT2D eigenvalue weighted by molar-refractivity contribution is 7.08. The van der Waals surface area contributed by atoms with Gasteiger partial charge in [-0.1, -0.05) is 19.3 Å². The van der Waals surface area contributed by atoms with Crippen LogP contribution in [0.2, 0.25) is 0 Å². The Kier molecular flexibility index (Phi) is 3.39. The molecule has 0 amide bonds. The minimum Gasteiger partial charge on any atom is -0.381 e. The molecule has 0 bridgehead atoms. The highest BCUT2D eigenvalue weighted by Gasteiger charge is 2.38. The third kappa shape index (κ3) is 2.66. The SMILES string of the molecule is c1cc(NC2CCOC3(CCCCC3)C2)cs1. The lowest BCUT2D eigenvalue weighted by Crippen LogP contribution is -2.45. The number of hydrogen-bond donors (Lipinski definition) is 1. The van der Waals surface area contributed by atoms with E-state index in [0.717, 1.165) is 13.0 Å². The fourth-order valence-corrected chi connectivity index (χ4v) is 3.87. The summed E-state index contributed by atoms with van der Waals surface area (Å²) in [6.07, 6.45) is 8.99. The fourth-order valence-electron chi connectivity index (χ4n) is 3.28. The molecule has 2 nitrogen and oxygen atoms in total. The Hall–Kier alpha value is -0.540. The van der Waals surface area contributed by atoms with Gasteiger partial charge in [-0.25, -0.2) is 0 Å². The molecular formula is C14H21NOS. The van der Waals surface area contributed by atoms with Gasteiger partial charge in [0.1, 0.15) is 0 Å². The summed E-state index contributed by atoms with van der Waals surface area (Å²) in [4.78, 5) is 0. The van der Waals surface area contributed by atoms with E-state index in [2.05, 4.69) is 22.1 Å². The van der Waals surface area contributed by atoms with Crippen molar-refractivity contribution < 1.29 is 4.74 Å². The van der Waals surface area contributed by atoms with Crippen LogP contribution in [0.5, 0.6) is 0 Å². The van der Waals surface area contributed by atoms with Crippen molar-refractivity contribution in [2.24, 2.45) is 0 Å². The van der Waals surface area contributed by atoms with Crippen LogP contribution in [-0.4, -0.2) is 18.2 Å². The van der Waals surface area contributed by atoms with E-state index in [9.17, 15) is 0 Å². The number of hydrogen-bond acceptors (Lipinski definition) is 3. The number of thiophene rings is 1. The van der Waals surface area contributed by atoms with E-state index in [1.165, 1.54) is 44.2 Å². The second-order valence-electron chi connectivity index (χ2n) is 5.44. The molecule has 1 aromatic heterocycles. The highest BCUT2D eigenvalue weighted by Crippen LogP contribution is 2.39. The summed E-state index contributed by atoms with van der Waals surface area (Å²) in [5.41, 5.74) is 1.50. The maximum atomic E-state index is 6.12. The lowest BCUT2D eigenvalue weighted by Gasteiger charge is -2.43. The fraction of sp³-hybridized carbons (Fsp3) is 0.714. The molecule has 0 aromatic carbocycles. The zero-order valence-corrected chi connectivity index (χ0v) is 11.1. The van der Waals surface area contributed by atoms with Crippen LogP contribution >= 0.6 is 11.3 Å². The van der Waals surface area contributed by atoms with Crippen molar-refractivity contribution >= 4 is 17.0 Å². The van der Waals surface area contributed by atoms with Gasteiger partial charge >= 0.3 is 0 Å². The number of rotatable bonds is 2. The van der Waals surface area contributed by atoms with Gasteiger partial charge < -0.3 is 10.1 Å². The number of anilines is 1. The summed E-state index contributed by atoms with van der Waals surface area (Å²) in [5, 5.41) is 8.00. The van der Waals surface area contributed by atoms with Gasteiger partial charge in [-0.2, -0.15) is 11.3 Å². The molecule has 1 aliphatic heterocycles. The largest absolute Gasteiger partial charge is 0.381 e. The zero-order valence-electron chi connectivity index (χ0n) is 10.3. The Labute approximate surface area is 107 Å². The molecule has 1 aromatic rings. The molecule has 1 N–H and O–H groups in total. The van der Waals surface area contributed by atoms with Crippen LogP contribution in [0.25, 0.3) is 0 Å². The molecular weight excluding hydrogens is 230 g/mol. The van der Waals surface area contributed by atoms with Crippen molar-refractivity contribution in [1.82, 2.24) is 0 Å². The van der Waals surface area contributed by atoms with Crippen LogP contribution in [0, 0.1) is 0 Å². The highest BCUT2D eigenvalue weighted by atomic mass is 32.1. The van der Waals surface area contributed by atoms with Gasteiger partial charge in [-0.05, 0) is 37.1 Å². The van der Waals surface area contributed by atoms with Gasteiger partial charge in [0.15, 0.2) is 0 Å². The van der Waals surface area contributed by atoms with E-state index in [-0.39, 0.29) is 5.60 Å². The number of ether oxygens (including phenoxy) is 1. The molecule has 0 radical (unpaired) electrons. The number of nitrogens with one attached hydrogen (secondary N) is 1. The standard InChI is InChI=1S/C14H21NOS/c1-2-6-14(7-3-1)10-12(4-8-16-14)15-13-5-9-17-11-13/h5,9,11-12,15H,1-4,6-8,10H2. The third-order valence-electron chi connectivity index (χ3n) is 4.15. The van der Waals surface area contributed by atoms with Crippen LogP contribution in [0.3, 0.4) is 0 Å². The van der Waals surface area contributed by atoms with E-state index in [0.29, 0.717) is 6.04 Å². The smallest absolute Gasteiger partial charge is 0.0702 e. The molecule has 17 heavy (non-hydrogen) atoms. The van der Waals surface area contributed by atoms with E-state index in [1.54, 1.807) is 11.3 Å². The summed E-state index contributed by atoms with van der Waals surface area (Å²) in [5.74, 6) is 0. The van der Waals surface area contributed by atoms with Gasteiger partial charge in [0.05, 0.1) is 5.60 Å². The van der Waals surface area contributed by atoms with Gasteiger partial charge in [0.2, 0.25) is 0 Å². The molecule has 3 heteroatoms. The average molecular weight is 251 g/mol. The van der Waals surface area contributed by atoms with Crippen molar-refractivity contribution in [3.8, 4) is 0 Å².